The molecule has 2 bridgehead atoms. The van der Waals surface area contributed by atoms with Crippen LogP contribution in [0.1, 0.15) is 24.8 Å². The highest BCUT2D eigenvalue weighted by Gasteiger charge is 2.35. The molecule has 0 spiro atoms. The van der Waals surface area contributed by atoms with Crippen LogP contribution in [-0.2, 0) is 9.59 Å². The van der Waals surface area contributed by atoms with Gasteiger partial charge in [0.05, 0.1) is 0 Å². The van der Waals surface area contributed by atoms with E-state index >= 15 is 0 Å². The first kappa shape index (κ1) is 16.8. The molecular formula is C19H23N5O2. The summed E-state index contributed by atoms with van der Waals surface area (Å²) in [5.74, 6) is -0.0700. The van der Waals surface area contributed by atoms with Crippen molar-refractivity contribution >= 4 is 28.9 Å². The van der Waals surface area contributed by atoms with Crippen molar-refractivity contribution in [1.82, 2.24) is 10.2 Å². The van der Waals surface area contributed by atoms with Crippen LogP contribution in [0, 0.1) is 11.3 Å². The number of nitrogen functional groups attached to an aromatic ring is 1. The Labute approximate surface area is 152 Å². The van der Waals surface area contributed by atoms with Crippen LogP contribution in [0.3, 0.4) is 0 Å². The van der Waals surface area contributed by atoms with E-state index < -0.39 is 5.91 Å². The van der Waals surface area contributed by atoms with Crippen LogP contribution in [-0.4, -0.2) is 48.1 Å². The fraction of sp³-hybridized carbons (Fsp3) is 0.421. The van der Waals surface area contributed by atoms with E-state index in [1.54, 1.807) is 18.2 Å². The zero-order valence-corrected chi connectivity index (χ0v) is 14.5. The van der Waals surface area contributed by atoms with E-state index in [1.165, 1.54) is 0 Å². The molecule has 3 fully saturated rings. The van der Waals surface area contributed by atoms with Crippen molar-refractivity contribution in [3.05, 3.63) is 35.4 Å². The zero-order valence-electron chi connectivity index (χ0n) is 14.5. The first-order valence-corrected chi connectivity index (χ1v) is 9.03. The Hall–Kier alpha value is -2.67. The molecular weight excluding hydrogens is 330 g/mol. The smallest absolute Gasteiger partial charge is 0.270 e. The van der Waals surface area contributed by atoms with Gasteiger partial charge < -0.3 is 21.3 Å². The summed E-state index contributed by atoms with van der Waals surface area (Å²) >= 11 is 0. The van der Waals surface area contributed by atoms with Crippen LogP contribution in [0.15, 0.2) is 29.8 Å². The maximum Gasteiger partial charge on any atom is 0.270 e. The average Bonchev–Trinajstić information content (AvgIpc) is 3.49. The number of benzene rings is 1. The molecule has 4 aliphatic rings. The Balaban J connectivity index is 1.45. The summed E-state index contributed by atoms with van der Waals surface area (Å²) in [6, 6.07) is 4.98. The van der Waals surface area contributed by atoms with Crippen LogP contribution in [0.25, 0.3) is 0 Å². The third-order valence-corrected chi connectivity index (χ3v) is 5.48. The van der Waals surface area contributed by atoms with Gasteiger partial charge in [-0.25, -0.2) is 0 Å². The van der Waals surface area contributed by atoms with Crippen LogP contribution in [0.5, 0.6) is 0 Å². The molecule has 0 aromatic heterocycles. The van der Waals surface area contributed by atoms with Gasteiger partial charge in [0.2, 0.25) is 0 Å². The lowest BCUT2D eigenvalue weighted by molar-refractivity contribution is -0.116. The summed E-state index contributed by atoms with van der Waals surface area (Å²) < 4.78 is 0. The van der Waals surface area contributed by atoms with E-state index in [1.807, 2.05) is 6.08 Å². The van der Waals surface area contributed by atoms with Crippen molar-refractivity contribution in [3.63, 3.8) is 0 Å². The number of nitrogens with zero attached hydrogens (tertiary/aromatic N) is 1. The van der Waals surface area contributed by atoms with Gasteiger partial charge in [-0.3, -0.25) is 15.0 Å². The van der Waals surface area contributed by atoms with Crippen LogP contribution in [0.4, 0.5) is 11.4 Å². The lowest BCUT2D eigenvalue weighted by Gasteiger charge is -2.44. The molecule has 1 unspecified atom stereocenters. The quantitative estimate of drug-likeness (QED) is 0.469. The first-order chi connectivity index (χ1) is 12.5. The minimum atomic E-state index is -0.413. The molecule has 136 valence electrons. The second kappa shape index (κ2) is 6.57. The standard InChI is InChI=1S/C19H23N5O2/c20-15-4-3-13(22-18(25)12-1-2-12)9-14(15)17(21)19(26)23-16-10-24-7-5-11(16)6-8-24/h1,3-4,9,11,16,21H,2,5-8,10,20H2,(H,22,25)(H,23,26). The van der Waals surface area contributed by atoms with Crippen LogP contribution in [0.2, 0.25) is 0 Å². The van der Waals surface area contributed by atoms with Crippen molar-refractivity contribution in [1.29, 1.82) is 5.41 Å². The largest absolute Gasteiger partial charge is 0.398 e. The molecule has 26 heavy (non-hydrogen) atoms. The molecule has 0 saturated carbocycles. The summed E-state index contributed by atoms with van der Waals surface area (Å²) in [4.78, 5) is 26.8. The molecule has 1 atom stereocenters. The molecule has 3 aliphatic heterocycles. The van der Waals surface area contributed by atoms with E-state index in [2.05, 4.69) is 15.5 Å². The zero-order chi connectivity index (χ0) is 18.3. The number of nitrogens with two attached hydrogens (primary N) is 1. The molecule has 5 rings (SSSR count). The minimum absolute atomic E-state index is 0.0938. The fourth-order valence-corrected chi connectivity index (χ4v) is 3.79. The monoisotopic (exact) mass is 353 g/mol. The third-order valence-electron chi connectivity index (χ3n) is 5.48. The van der Waals surface area contributed by atoms with E-state index in [-0.39, 0.29) is 17.7 Å². The average molecular weight is 353 g/mol. The van der Waals surface area contributed by atoms with E-state index in [9.17, 15) is 9.59 Å². The van der Waals surface area contributed by atoms with Gasteiger partial charge in [0.25, 0.3) is 11.8 Å². The summed E-state index contributed by atoms with van der Waals surface area (Å²) in [6.45, 7) is 3.05. The van der Waals surface area contributed by atoms with Crippen molar-refractivity contribution in [3.8, 4) is 0 Å². The number of fused-ring (bicyclic) bond motifs is 3. The van der Waals surface area contributed by atoms with Gasteiger partial charge in [0.1, 0.15) is 5.71 Å². The number of carbonyl (C=O) groups is 2. The highest BCUT2D eigenvalue weighted by atomic mass is 16.2. The Bertz CT molecular complexity index is 808. The number of allylic oxidation sites excluding steroid dienone is 1. The van der Waals surface area contributed by atoms with Crippen LogP contribution < -0.4 is 16.4 Å². The second-order valence-corrected chi connectivity index (χ2v) is 7.28. The molecule has 5 N–H and O–H groups in total. The lowest BCUT2D eigenvalue weighted by Crippen LogP contribution is -2.58. The second-order valence-electron chi connectivity index (χ2n) is 7.28. The maximum absolute atomic E-state index is 12.6. The summed E-state index contributed by atoms with van der Waals surface area (Å²) in [7, 11) is 0. The van der Waals surface area contributed by atoms with E-state index in [0.717, 1.165) is 38.0 Å². The number of hydrogen-bond donors (Lipinski definition) is 4. The van der Waals surface area contributed by atoms with Gasteiger partial charge in [-0.15, -0.1) is 0 Å². The van der Waals surface area contributed by atoms with E-state index in [0.29, 0.717) is 29.3 Å². The summed E-state index contributed by atoms with van der Waals surface area (Å²) in [5.41, 5.74) is 7.78. The summed E-state index contributed by atoms with van der Waals surface area (Å²) in [6.07, 6.45) is 4.75. The molecule has 1 aliphatic carbocycles. The SMILES string of the molecule is N=C(C(=O)NC1CN2CCC1CC2)c1cc(NC(=O)C2=CC2)ccc1N. The Morgan fingerprint density at radius 3 is 2.58 bits per heavy atom. The van der Waals surface area contributed by atoms with Gasteiger partial charge in [0, 0.05) is 35.1 Å². The van der Waals surface area contributed by atoms with Gasteiger partial charge in [-0.1, -0.05) is 6.08 Å². The van der Waals surface area contributed by atoms with E-state index in [4.69, 9.17) is 11.1 Å². The molecule has 2 amide bonds. The van der Waals surface area contributed by atoms with Crippen molar-refractivity contribution in [2.45, 2.75) is 25.3 Å². The first-order valence-electron chi connectivity index (χ1n) is 9.03. The number of anilines is 2. The number of carbonyl (C=O) groups excluding carboxylic acids is 2. The van der Waals surface area contributed by atoms with Crippen LogP contribution >= 0.6 is 0 Å². The molecule has 1 aromatic rings. The highest BCUT2D eigenvalue weighted by Crippen LogP contribution is 2.28. The predicted molar refractivity (Wildman–Crippen MR) is 100 cm³/mol. The molecule has 7 nitrogen and oxygen atoms in total. The van der Waals surface area contributed by atoms with Crippen molar-refractivity contribution in [2.75, 3.05) is 30.7 Å². The topological polar surface area (TPSA) is 111 Å². The third kappa shape index (κ3) is 3.35. The van der Waals surface area contributed by atoms with Gasteiger partial charge in [0.15, 0.2) is 0 Å². The molecule has 0 radical (unpaired) electrons. The van der Waals surface area contributed by atoms with Gasteiger partial charge in [-0.2, -0.15) is 0 Å². The predicted octanol–water partition coefficient (Wildman–Crippen LogP) is 1.12. The Kier molecular flexibility index (Phi) is 4.24. The Morgan fingerprint density at radius 1 is 1.23 bits per heavy atom. The molecule has 3 heterocycles. The number of rotatable bonds is 5. The minimum Gasteiger partial charge on any atom is -0.398 e. The maximum atomic E-state index is 12.6. The Morgan fingerprint density at radius 2 is 1.96 bits per heavy atom. The normalized spacial score (nSPS) is 26.0. The molecule has 7 heteroatoms. The van der Waals surface area contributed by atoms with Gasteiger partial charge in [-0.05, 0) is 56.5 Å². The lowest BCUT2D eigenvalue weighted by atomic mass is 9.84. The molecule has 3 saturated heterocycles. The van der Waals surface area contributed by atoms with Crippen molar-refractivity contribution in [2.24, 2.45) is 5.92 Å². The summed E-state index contributed by atoms with van der Waals surface area (Å²) in [5, 5.41) is 14.1. The number of piperidine rings is 3. The molecule has 1 aromatic carbocycles. The number of nitrogens with one attached hydrogen (secondary N) is 3. The van der Waals surface area contributed by atoms with Gasteiger partial charge >= 0.3 is 0 Å². The number of hydrogen-bond acceptors (Lipinski definition) is 5. The van der Waals surface area contributed by atoms with Crippen molar-refractivity contribution < 1.29 is 9.59 Å². The number of amides is 2. The fourth-order valence-electron chi connectivity index (χ4n) is 3.79. The highest BCUT2D eigenvalue weighted by molar-refractivity contribution is 6.45.